The molecular weight excluding hydrogens is 228 g/mol. The van der Waals surface area contributed by atoms with E-state index >= 15 is 0 Å². The van der Waals surface area contributed by atoms with Gasteiger partial charge in [0.1, 0.15) is 5.82 Å². The Morgan fingerprint density at radius 3 is 2.00 bits per heavy atom. The van der Waals surface area contributed by atoms with Crippen LogP contribution in [0.3, 0.4) is 0 Å². The summed E-state index contributed by atoms with van der Waals surface area (Å²) in [6, 6.07) is 0.266. The van der Waals surface area contributed by atoms with Crippen molar-refractivity contribution in [3.05, 3.63) is 33.8 Å². The Labute approximate surface area is 68.0 Å². The Kier molecular flexibility index (Phi) is 2.17. The van der Waals surface area contributed by atoms with Gasteiger partial charge in [0.05, 0.1) is 4.47 Å². The molecule has 1 aromatic rings. The molecule has 0 spiro atoms. The highest BCUT2D eigenvalue weighted by Crippen LogP contribution is 2.23. The Morgan fingerprint density at radius 1 is 0.909 bits per heavy atom. The highest BCUT2D eigenvalue weighted by molar-refractivity contribution is 9.10. The third-order valence-electron chi connectivity index (χ3n) is 1.06. The molecule has 1 aromatic carbocycles. The summed E-state index contributed by atoms with van der Waals surface area (Å²) in [7, 11) is 0. The van der Waals surface area contributed by atoms with E-state index in [1.165, 1.54) is 0 Å². The molecule has 0 amide bonds. The van der Waals surface area contributed by atoms with E-state index in [9.17, 15) is 17.6 Å². The molecule has 0 aliphatic heterocycles. The Bertz CT molecular complexity index is 271. The van der Waals surface area contributed by atoms with Crippen LogP contribution in [0.15, 0.2) is 10.5 Å². The smallest absolute Gasteiger partial charge is 0.195 e. The van der Waals surface area contributed by atoms with Crippen molar-refractivity contribution in [3.8, 4) is 0 Å². The minimum Gasteiger partial charge on any atom is -0.206 e. The zero-order chi connectivity index (χ0) is 8.59. The third kappa shape index (κ3) is 1.38. The van der Waals surface area contributed by atoms with Crippen molar-refractivity contribution >= 4 is 15.9 Å². The van der Waals surface area contributed by atoms with E-state index in [1.807, 2.05) is 0 Å². The predicted octanol–water partition coefficient (Wildman–Crippen LogP) is 3.01. The zero-order valence-electron chi connectivity index (χ0n) is 4.97. The molecule has 0 atom stereocenters. The summed E-state index contributed by atoms with van der Waals surface area (Å²) in [6.45, 7) is 0. The average Bonchev–Trinajstić information content (AvgIpc) is 1.97. The van der Waals surface area contributed by atoms with E-state index in [-0.39, 0.29) is 6.07 Å². The van der Waals surface area contributed by atoms with Crippen LogP contribution < -0.4 is 0 Å². The molecule has 0 aliphatic rings. The van der Waals surface area contributed by atoms with Gasteiger partial charge in [-0.15, -0.1) is 0 Å². The van der Waals surface area contributed by atoms with Gasteiger partial charge < -0.3 is 0 Å². The number of halogens is 5. The van der Waals surface area contributed by atoms with Crippen LogP contribution in [0.1, 0.15) is 0 Å². The maximum absolute atomic E-state index is 12.4. The number of benzene rings is 1. The average molecular weight is 229 g/mol. The maximum Gasteiger partial charge on any atom is 0.195 e. The van der Waals surface area contributed by atoms with Crippen molar-refractivity contribution in [2.75, 3.05) is 0 Å². The summed E-state index contributed by atoms with van der Waals surface area (Å²) in [4.78, 5) is 0. The van der Waals surface area contributed by atoms with Gasteiger partial charge in [0, 0.05) is 6.07 Å². The topological polar surface area (TPSA) is 0 Å². The molecule has 0 aromatic heterocycles. The van der Waals surface area contributed by atoms with Crippen LogP contribution >= 0.6 is 15.9 Å². The summed E-state index contributed by atoms with van der Waals surface area (Å²) in [6.07, 6.45) is 0. The first-order valence-electron chi connectivity index (χ1n) is 2.52. The second kappa shape index (κ2) is 2.81. The largest absolute Gasteiger partial charge is 0.206 e. The van der Waals surface area contributed by atoms with Crippen molar-refractivity contribution < 1.29 is 17.6 Å². The van der Waals surface area contributed by atoms with Gasteiger partial charge in [-0.25, -0.2) is 17.6 Å². The van der Waals surface area contributed by atoms with Crippen LogP contribution in [0, 0.1) is 23.3 Å². The van der Waals surface area contributed by atoms with E-state index in [2.05, 4.69) is 15.9 Å². The summed E-state index contributed by atoms with van der Waals surface area (Å²) in [5, 5.41) is 0. The fraction of sp³-hybridized carbons (Fsp3) is 0. The SMILES string of the molecule is Fc1cc(F)c(Br)c(F)c1F. The van der Waals surface area contributed by atoms with E-state index in [4.69, 9.17) is 0 Å². The van der Waals surface area contributed by atoms with Gasteiger partial charge in [-0.2, -0.15) is 0 Å². The molecular formula is C6HBrF4. The number of rotatable bonds is 0. The molecule has 0 unspecified atom stereocenters. The highest BCUT2D eigenvalue weighted by atomic mass is 79.9. The molecule has 5 heteroatoms. The molecule has 0 radical (unpaired) electrons. The standard InChI is InChI=1S/C6HBrF4/c7-4-2(8)1-3(9)5(10)6(4)11/h1H. The van der Waals surface area contributed by atoms with Crippen LogP contribution in [0.5, 0.6) is 0 Å². The Hall–Kier alpha value is -0.580. The highest BCUT2D eigenvalue weighted by Gasteiger charge is 2.16. The molecule has 0 fully saturated rings. The van der Waals surface area contributed by atoms with Gasteiger partial charge in [-0.1, -0.05) is 0 Å². The summed E-state index contributed by atoms with van der Waals surface area (Å²) < 4.78 is 48.3. The molecule has 0 nitrogen and oxygen atoms in total. The van der Waals surface area contributed by atoms with Crippen LogP contribution in [-0.4, -0.2) is 0 Å². The first-order valence-corrected chi connectivity index (χ1v) is 3.32. The minimum absolute atomic E-state index is 0.266. The third-order valence-corrected chi connectivity index (χ3v) is 1.79. The van der Waals surface area contributed by atoms with Crippen LogP contribution in [0.4, 0.5) is 17.6 Å². The van der Waals surface area contributed by atoms with E-state index in [0.29, 0.717) is 0 Å². The van der Waals surface area contributed by atoms with E-state index in [1.54, 1.807) is 0 Å². The first-order chi connectivity index (χ1) is 5.04. The summed E-state index contributed by atoms with van der Waals surface area (Å²) in [5.74, 6) is -5.94. The quantitative estimate of drug-likeness (QED) is 0.364. The lowest BCUT2D eigenvalue weighted by Crippen LogP contribution is -1.94. The lowest BCUT2D eigenvalue weighted by Gasteiger charge is -1.98. The van der Waals surface area contributed by atoms with Gasteiger partial charge in [-0.05, 0) is 15.9 Å². The van der Waals surface area contributed by atoms with Gasteiger partial charge in [0.25, 0.3) is 0 Å². The lowest BCUT2D eigenvalue weighted by molar-refractivity contribution is 0.429. The fourth-order valence-corrected chi connectivity index (χ4v) is 0.833. The second-order valence-corrected chi connectivity index (χ2v) is 2.58. The maximum atomic E-state index is 12.4. The molecule has 60 valence electrons. The van der Waals surface area contributed by atoms with Crippen molar-refractivity contribution in [2.45, 2.75) is 0 Å². The predicted molar refractivity (Wildman–Crippen MR) is 34.0 cm³/mol. The van der Waals surface area contributed by atoms with Crippen LogP contribution in [0.2, 0.25) is 0 Å². The van der Waals surface area contributed by atoms with Crippen LogP contribution in [-0.2, 0) is 0 Å². The van der Waals surface area contributed by atoms with Gasteiger partial charge in [0.2, 0.25) is 0 Å². The van der Waals surface area contributed by atoms with E-state index < -0.39 is 27.7 Å². The lowest BCUT2D eigenvalue weighted by atomic mass is 10.3. The minimum atomic E-state index is -1.68. The van der Waals surface area contributed by atoms with E-state index in [0.717, 1.165) is 0 Å². The Morgan fingerprint density at radius 2 is 1.45 bits per heavy atom. The molecule has 0 N–H and O–H groups in total. The van der Waals surface area contributed by atoms with Gasteiger partial charge in [-0.3, -0.25) is 0 Å². The second-order valence-electron chi connectivity index (χ2n) is 1.78. The van der Waals surface area contributed by atoms with Crippen molar-refractivity contribution in [2.24, 2.45) is 0 Å². The summed E-state index contributed by atoms with van der Waals surface area (Å²) >= 11 is 2.41. The zero-order valence-corrected chi connectivity index (χ0v) is 6.55. The molecule has 0 saturated heterocycles. The monoisotopic (exact) mass is 228 g/mol. The van der Waals surface area contributed by atoms with Crippen LogP contribution in [0.25, 0.3) is 0 Å². The molecule has 0 saturated carbocycles. The number of hydrogen-bond acceptors (Lipinski definition) is 0. The normalized spacial score (nSPS) is 10.3. The fourth-order valence-electron chi connectivity index (χ4n) is 0.544. The number of hydrogen-bond donors (Lipinski definition) is 0. The first kappa shape index (κ1) is 8.52. The molecule has 0 aliphatic carbocycles. The molecule has 11 heavy (non-hydrogen) atoms. The van der Waals surface area contributed by atoms with Crippen molar-refractivity contribution in [1.29, 1.82) is 0 Å². The molecule has 0 heterocycles. The molecule has 0 bridgehead atoms. The summed E-state index contributed by atoms with van der Waals surface area (Å²) in [5.41, 5.74) is 0. The Balaban J connectivity index is 3.46. The van der Waals surface area contributed by atoms with Gasteiger partial charge in [0.15, 0.2) is 17.5 Å². The van der Waals surface area contributed by atoms with Gasteiger partial charge >= 0.3 is 0 Å². The van der Waals surface area contributed by atoms with Crippen molar-refractivity contribution in [3.63, 3.8) is 0 Å². The van der Waals surface area contributed by atoms with Crippen molar-refractivity contribution in [1.82, 2.24) is 0 Å². The molecule has 1 rings (SSSR count).